The second kappa shape index (κ2) is 14.6. The van der Waals surface area contributed by atoms with Gasteiger partial charge in [-0.3, -0.25) is 0 Å². The quantitative estimate of drug-likeness (QED) is 0.747. The second-order valence-electron chi connectivity index (χ2n) is 5.78. The molecule has 0 amide bonds. The Labute approximate surface area is 146 Å². The standard InChI is InChI=1S/C18H34N2O4/c1-3-5-18(6-4-2)17-20-9-12-22-14-13-21-10-7-19-8-11-23-15-16-24-18/h3-4,19-20H,1-2,5-17H2. The molecule has 1 heterocycles. The van der Waals surface area contributed by atoms with E-state index in [1.807, 2.05) is 12.2 Å². The van der Waals surface area contributed by atoms with E-state index in [9.17, 15) is 0 Å². The van der Waals surface area contributed by atoms with Crippen molar-refractivity contribution in [1.82, 2.24) is 10.6 Å². The van der Waals surface area contributed by atoms with Crippen LogP contribution >= 0.6 is 0 Å². The summed E-state index contributed by atoms with van der Waals surface area (Å²) in [5, 5.41) is 6.69. The van der Waals surface area contributed by atoms with E-state index in [0.29, 0.717) is 46.2 Å². The molecule has 0 radical (unpaired) electrons. The average molecular weight is 342 g/mol. The predicted molar refractivity (Wildman–Crippen MR) is 96.5 cm³/mol. The van der Waals surface area contributed by atoms with E-state index in [1.165, 1.54) is 0 Å². The van der Waals surface area contributed by atoms with Gasteiger partial charge in [0.05, 0.1) is 51.8 Å². The largest absolute Gasteiger partial charge is 0.378 e. The molecule has 0 spiro atoms. The van der Waals surface area contributed by atoms with Gasteiger partial charge in [0.25, 0.3) is 0 Å². The molecule has 1 fully saturated rings. The predicted octanol–water partition coefficient (Wildman–Crippen LogP) is 1.14. The molecule has 140 valence electrons. The summed E-state index contributed by atoms with van der Waals surface area (Å²) < 4.78 is 22.8. The van der Waals surface area contributed by atoms with Crippen molar-refractivity contribution in [2.75, 3.05) is 72.4 Å². The van der Waals surface area contributed by atoms with Crippen LogP contribution in [0.5, 0.6) is 0 Å². The van der Waals surface area contributed by atoms with Crippen molar-refractivity contribution >= 4 is 0 Å². The Morgan fingerprint density at radius 1 is 0.708 bits per heavy atom. The fourth-order valence-corrected chi connectivity index (χ4v) is 2.54. The van der Waals surface area contributed by atoms with Gasteiger partial charge in [-0.15, -0.1) is 13.2 Å². The van der Waals surface area contributed by atoms with E-state index in [2.05, 4.69) is 23.8 Å². The van der Waals surface area contributed by atoms with Gasteiger partial charge in [-0.05, 0) is 12.8 Å². The fraction of sp³-hybridized carbons (Fsp3) is 0.778. The van der Waals surface area contributed by atoms with Crippen molar-refractivity contribution in [3.05, 3.63) is 25.3 Å². The summed E-state index contributed by atoms with van der Waals surface area (Å²) >= 11 is 0. The number of hydrogen-bond acceptors (Lipinski definition) is 6. The minimum Gasteiger partial charge on any atom is -0.378 e. The molecule has 24 heavy (non-hydrogen) atoms. The van der Waals surface area contributed by atoms with E-state index >= 15 is 0 Å². The maximum absolute atomic E-state index is 6.14. The number of hydrogen-bond donors (Lipinski definition) is 2. The van der Waals surface area contributed by atoms with Crippen molar-refractivity contribution in [3.8, 4) is 0 Å². The van der Waals surface area contributed by atoms with Gasteiger partial charge >= 0.3 is 0 Å². The Bertz CT molecular complexity index is 296. The Morgan fingerprint density at radius 2 is 1.21 bits per heavy atom. The molecule has 0 atom stereocenters. The summed E-state index contributed by atoms with van der Waals surface area (Å²) in [6.07, 6.45) is 5.33. The lowest BCUT2D eigenvalue weighted by Gasteiger charge is -2.32. The Morgan fingerprint density at radius 3 is 1.75 bits per heavy atom. The van der Waals surface area contributed by atoms with Crippen molar-refractivity contribution < 1.29 is 18.9 Å². The minimum atomic E-state index is -0.320. The highest BCUT2D eigenvalue weighted by Gasteiger charge is 2.27. The van der Waals surface area contributed by atoms with Crippen molar-refractivity contribution in [3.63, 3.8) is 0 Å². The van der Waals surface area contributed by atoms with Crippen LogP contribution in [0.3, 0.4) is 0 Å². The smallest absolute Gasteiger partial charge is 0.0875 e. The molecule has 1 saturated heterocycles. The third kappa shape index (κ3) is 10.2. The third-order valence-corrected chi connectivity index (χ3v) is 3.76. The van der Waals surface area contributed by atoms with E-state index < -0.39 is 0 Å². The molecule has 1 aliphatic heterocycles. The maximum atomic E-state index is 6.14. The monoisotopic (exact) mass is 342 g/mol. The highest BCUT2D eigenvalue weighted by atomic mass is 16.5. The molecule has 0 aromatic carbocycles. The average Bonchev–Trinajstić information content (AvgIpc) is 2.57. The molecule has 2 N–H and O–H groups in total. The van der Waals surface area contributed by atoms with Gasteiger partial charge in [-0.1, -0.05) is 12.2 Å². The van der Waals surface area contributed by atoms with Crippen molar-refractivity contribution in [1.29, 1.82) is 0 Å². The van der Waals surface area contributed by atoms with Gasteiger partial charge < -0.3 is 29.6 Å². The third-order valence-electron chi connectivity index (χ3n) is 3.76. The molecular weight excluding hydrogens is 308 g/mol. The maximum Gasteiger partial charge on any atom is 0.0875 e. The first kappa shape index (κ1) is 21.3. The summed E-state index contributed by atoms with van der Waals surface area (Å²) in [7, 11) is 0. The lowest BCUT2D eigenvalue weighted by molar-refractivity contribution is -0.0638. The number of nitrogens with one attached hydrogen (secondary N) is 2. The molecule has 0 aliphatic carbocycles. The first-order valence-electron chi connectivity index (χ1n) is 8.83. The normalized spacial score (nSPS) is 22.8. The summed E-state index contributed by atoms with van der Waals surface area (Å²) in [5.41, 5.74) is -0.320. The zero-order valence-electron chi connectivity index (χ0n) is 14.9. The molecule has 0 aromatic rings. The Kier molecular flexibility index (Phi) is 12.9. The Balaban J connectivity index is 2.46. The van der Waals surface area contributed by atoms with E-state index in [4.69, 9.17) is 18.9 Å². The SMILES string of the molecule is C=CCC1(CC=C)CNCCOCCOCCNCCOCCO1. The molecule has 6 nitrogen and oxygen atoms in total. The van der Waals surface area contributed by atoms with Crippen molar-refractivity contribution in [2.24, 2.45) is 0 Å². The molecule has 0 bridgehead atoms. The summed E-state index contributed by atoms with van der Waals surface area (Å²) in [4.78, 5) is 0. The highest BCUT2D eigenvalue weighted by Crippen LogP contribution is 2.21. The van der Waals surface area contributed by atoms with Crippen LogP contribution in [0, 0.1) is 0 Å². The lowest BCUT2D eigenvalue weighted by atomic mass is 9.95. The van der Waals surface area contributed by atoms with Crippen LogP contribution in [-0.4, -0.2) is 78.0 Å². The molecule has 1 aliphatic rings. The summed E-state index contributed by atoms with van der Waals surface area (Å²) in [5.74, 6) is 0. The molecule has 0 unspecified atom stereocenters. The second-order valence-corrected chi connectivity index (χ2v) is 5.78. The van der Waals surface area contributed by atoms with Gasteiger partial charge in [0.2, 0.25) is 0 Å². The zero-order chi connectivity index (χ0) is 17.3. The first-order valence-corrected chi connectivity index (χ1v) is 8.83. The minimum absolute atomic E-state index is 0.320. The topological polar surface area (TPSA) is 61.0 Å². The van der Waals surface area contributed by atoms with Crippen LogP contribution in [0.25, 0.3) is 0 Å². The van der Waals surface area contributed by atoms with Crippen LogP contribution in [0.2, 0.25) is 0 Å². The van der Waals surface area contributed by atoms with Crippen LogP contribution < -0.4 is 10.6 Å². The van der Waals surface area contributed by atoms with Crippen LogP contribution in [0.4, 0.5) is 0 Å². The van der Waals surface area contributed by atoms with Gasteiger partial charge in [-0.2, -0.15) is 0 Å². The van der Waals surface area contributed by atoms with E-state index in [-0.39, 0.29) is 5.60 Å². The van der Waals surface area contributed by atoms with Crippen LogP contribution in [0.15, 0.2) is 25.3 Å². The van der Waals surface area contributed by atoms with Crippen LogP contribution in [-0.2, 0) is 18.9 Å². The van der Waals surface area contributed by atoms with Crippen molar-refractivity contribution in [2.45, 2.75) is 18.4 Å². The highest BCUT2D eigenvalue weighted by molar-refractivity contribution is 4.95. The van der Waals surface area contributed by atoms with Gasteiger partial charge in [0, 0.05) is 26.2 Å². The molecule has 0 saturated carbocycles. The molecule has 0 aromatic heterocycles. The summed E-state index contributed by atoms with van der Waals surface area (Å²) in [6, 6.07) is 0. The van der Waals surface area contributed by atoms with E-state index in [0.717, 1.165) is 39.0 Å². The van der Waals surface area contributed by atoms with Gasteiger partial charge in [-0.25, -0.2) is 0 Å². The zero-order valence-corrected chi connectivity index (χ0v) is 14.9. The fourth-order valence-electron chi connectivity index (χ4n) is 2.54. The number of rotatable bonds is 4. The number of ether oxygens (including phenoxy) is 4. The first-order chi connectivity index (χ1) is 11.8. The van der Waals surface area contributed by atoms with Crippen LogP contribution in [0.1, 0.15) is 12.8 Å². The molecular formula is C18H34N2O4. The van der Waals surface area contributed by atoms with Gasteiger partial charge in [0.15, 0.2) is 0 Å². The lowest BCUT2D eigenvalue weighted by Crippen LogP contribution is -2.44. The molecule has 1 rings (SSSR count). The molecule has 6 heteroatoms. The van der Waals surface area contributed by atoms with E-state index in [1.54, 1.807) is 0 Å². The summed E-state index contributed by atoms with van der Waals surface area (Å²) in [6.45, 7) is 15.3. The Hall–Kier alpha value is -0.760. The van der Waals surface area contributed by atoms with Gasteiger partial charge in [0.1, 0.15) is 0 Å².